The Morgan fingerprint density at radius 1 is 1.29 bits per heavy atom. The highest BCUT2D eigenvalue weighted by molar-refractivity contribution is 7.99. The fraction of sp³-hybridized carbons (Fsp3) is 1.00. The summed E-state index contributed by atoms with van der Waals surface area (Å²) in [5, 5.41) is 0.885. The summed E-state index contributed by atoms with van der Waals surface area (Å²) in [7, 11) is 0. The quantitative estimate of drug-likeness (QED) is 0.675. The highest BCUT2D eigenvalue weighted by atomic mass is 32.2. The maximum absolute atomic E-state index is 2.48. The Bertz CT molecular complexity index is 207. The standard InChI is InChI=1S/C13H24S/c1-9-8-12(10(9)2)13(6-5-7-13)11(3)14-4/h9-12H,5-8H2,1-4H3. The lowest BCUT2D eigenvalue weighted by atomic mass is 9.48. The Balaban J connectivity index is 2.06. The molecule has 2 aliphatic rings. The molecule has 4 unspecified atom stereocenters. The molecular weight excluding hydrogens is 188 g/mol. The molecule has 0 bridgehead atoms. The minimum atomic E-state index is 0.741. The summed E-state index contributed by atoms with van der Waals surface area (Å²) in [6, 6.07) is 0. The van der Waals surface area contributed by atoms with Crippen molar-refractivity contribution in [3.05, 3.63) is 0 Å². The van der Waals surface area contributed by atoms with Crippen LogP contribution in [-0.4, -0.2) is 11.5 Å². The van der Waals surface area contributed by atoms with Crippen molar-refractivity contribution >= 4 is 11.8 Å². The van der Waals surface area contributed by atoms with Crippen LogP contribution >= 0.6 is 11.8 Å². The number of hydrogen-bond acceptors (Lipinski definition) is 1. The highest BCUT2D eigenvalue weighted by Crippen LogP contribution is 2.62. The summed E-state index contributed by atoms with van der Waals surface area (Å²) < 4.78 is 0. The summed E-state index contributed by atoms with van der Waals surface area (Å²) in [6.07, 6.45) is 8.31. The first-order valence-corrected chi connectivity index (χ1v) is 7.43. The van der Waals surface area contributed by atoms with Crippen LogP contribution in [0.2, 0.25) is 0 Å². The summed E-state index contributed by atoms with van der Waals surface area (Å²) >= 11 is 2.09. The summed E-state index contributed by atoms with van der Waals surface area (Å²) in [6.45, 7) is 7.36. The lowest BCUT2D eigenvalue weighted by Gasteiger charge is -2.60. The van der Waals surface area contributed by atoms with E-state index in [1.54, 1.807) is 0 Å². The lowest BCUT2D eigenvalue weighted by molar-refractivity contribution is -0.0693. The van der Waals surface area contributed by atoms with E-state index >= 15 is 0 Å². The minimum Gasteiger partial charge on any atom is -0.162 e. The van der Waals surface area contributed by atoms with Crippen LogP contribution < -0.4 is 0 Å². The van der Waals surface area contributed by atoms with Crippen molar-refractivity contribution in [2.75, 3.05) is 6.26 Å². The molecule has 0 aromatic heterocycles. The molecule has 0 aromatic carbocycles. The second-order valence-electron chi connectivity index (χ2n) is 5.64. The van der Waals surface area contributed by atoms with Crippen molar-refractivity contribution in [3.63, 3.8) is 0 Å². The van der Waals surface area contributed by atoms with E-state index in [1.807, 2.05) is 0 Å². The predicted molar refractivity (Wildman–Crippen MR) is 65.7 cm³/mol. The first-order chi connectivity index (χ1) is 6.62. The zero-order valence-electron chi connectivity index (χ0n) is 10.0. The van der Waals surface area contributed by atoms with Crippen molar-refractivity contribution in [1.29, 1.82) is 0 Å². The van der Waals surface area contributed by atoms with Crippen molar-refractivity contribution in [2.45, 2.75) is 51.7 Å². The van der Waals surface area contributed by atoms with E-state index in [-0.39, 0.29) is 0 Å². The molecule has 0 N–H and O–H groups in total. The van der Waals surface area contributed by atoms with Gasteiger partial charge in [0.05, 0.1) is 0 Å². The molecule has 0 amide bonds. The summed E-state index contributed by atoms with van der Waals surface area (Å²) in [5.41, 5.74) is 0.741. The molecule has 0 heterocycles. The second kappa shape index (κ2) is 3.73. The maximum Gasteiger partial charge on any atom is 0.00751 e. The Kier molecular flexibility index (Phi) is 2.90. The first-order valence-electron chi connectivity index (χ1n) is 6.14. The third-order valence-corrected chi connectivity index (χ3v) is 6.52. The van der Waals surface area contributed by atoms with Gasteiger partial charge in [-0.2, -0.15) is 11.8 Å². The Morgan fingerprint density at radius 3 is 2.21 bits per heavy atom. The summed E-state index contributed by atoms with van der Waals surface area (Å²) in [5.74, 6) is 3.03. The van der Waals surface area contributed by atoms with Crippen molar-refractivity contribution in [2.24, 2.45) is 23.2 Å². The molecule has 0 aliphatic heterocycles. The number of thioether (sulfide) groups is 1. The van der Waals surface area contributed by atoms with Gasteiger partial charge in [-0.15, -0.1) is 0 Å². The van der Waals surface area contributed by atoms with Crippen molar-refractivity contribution in [3.8, 4) is 0 Å². The van der Waals surface area contributed by atoms with Gasteiger partial charge in [0.15, 0.2) is 0 Å². The normalized spacial score (nSPS) is 42.4. The molecule has 14 heavy (non-hydrogen) atoms. The van der Waals surface area contributed by atoms with E-state index in [9.17, 15) is 0 Å². The van der Waals surface area contributed by atoms with Gasteiger partial charge in [-0.25, -0.2) is 0 Å². The van der Waals surface area contributed by atoms with E-state index in [4.69, 9.17) is 0 Å². The third kappa shape index (κ3) is 1.35. The molecule has 0 nitrogen and oxygen atoms in total. The van der Waals surface area contributed by atoms with Gasteiger partial charge in [0.25, 0.3) is 0 Å². The van der Waals surface area contributed by atoms with Crippen LogP contribution in [0.1, 0.15) is 46.5 Å². The second-order valence-corrected chi connectivity index (χ2v) is 6.82. The average Bonchev–Trinajstić information content (AvgIpc) is 2.14. The molecule has 82 valence electrons. The molecule has 0 aromatic rings. The fourth-order valence-electron chi connectivity index (χ4n) is 3.69. The van der Waals surface area contributed by atoms with Crippen molar-refractivity contribution < 1.29 is 0 Å². The molecule has 2 aliphatic carbocycles. The largest absolute Gasteiger partial charge is 0.162 e. The minimum absolute atomic E-state index is 0.741. The molecule has 4 atom stereocenters. The molecular formula is C13H24S. The van der Waals surface area contributed by atoms with Gasteiger partial charge in [-0.05, 0) is 48.7 Å². The first kappa shape index (κ1) is 10.9. The molecule has 0 radical (unpaired) electrons. The van der Waals surface area contributed by atoms with E-state index in [0.29, 0.717) is 0 Å². The molecule has 2 saturated carbocycles. The van der Waals surface area contributed by atoms with Crippen LogP contribution in [0.5, 0.6) is 0 Å². The Labute approximate surface area is 93.2 Å². The third-order valence-electron chi connectivity index (χ3n) is 5.34. The zero-order valence-corrected chi connectivity index (χ0v) is 10.9. The van der Waals surface area contributed by atoms with E-state index in [0.717, 1.165) is 28.4 Å². The smallest absolute Gasteiger partial charge is 0.00751 e. The fourth-order valence-corrected chi connectivity index (χ4v) is 4.57. The SMILES string of the molecule is CSC(C)C1(C2CC(C)C2C)CCC1. The van der Waals surface area contributed by atoms with Gasteiger partial charge in [-0.1, -0.05) is 27.2 Å². The predicted octanol–water partition coefficient (Wildman–Crippen LogP) is 4.20. The lowest BCUT2D eigenvalue weighted by Crippen LogP contribution is -2.53. The molecule has 1 heteroatoms. The van der Waals surface area contributed by atoms with E-state index in [1.165, 1.54) is 25.7 Å². The molecule has 2 fully saturated rings. The Morgan fingerprint density at radius 2 is 1.93 bits per heavy atom. The van der Waals surface area contributed by atoms with E-state index < -0.39 is 0 Å². The van der Waals surface area contributed by atoms with Gasteiger partial charge in [0.2, 0.25) is 0 Å². The monoisotopic (exact) mass is 212 g/mol. The van der Waals surface area contributed by atoms with Gasteiger partial charge in [0.1, 0.15) is 0 Å². The summed E-state index contributed by atoms with van der Waals surface area (Å²) in [4.78, 5) is 0. The average molecular weight is 212 g/mol. The zero-order chi connectivity index (χ0) is 10.3. The van der Waals surface area contributed by atoms with Crippen LogP contribution in [0, 0.1) is 23.2 Å². The number of rotatable bonds is 3. The highest BCUT2D eigenvalue weighted by Gasteiger charge is 2.54. The Hall–Kier alpha value is 0.350. The topological polar surface area (TPSA) is 0 Å². The molecule has 0 spiro atoms. The van der Waals surface area contributed by atoms with E-state index in [2.05, 4.69) is 38.8 Å². The van der Waals surface area contributed by atoms with Crippen LogP contribution in [0.3, 0.4) is 0 Å². The number of hydrogen-bond donors (Lipinski definition) is 0. The maximum atomic E-state index is 2.48. The van der Waals surface area contributed by atoms with Gasteiger partial charge >= 0.3 is 0 Å². The molecule has 2 rings (SSSR count). The van der Waals surface area contributed by atoms with Crippen LogP contribution in [0.25, 0.3) is 0 Å². The van der Waals surface area contributed by atoms with Gasteiger partial charge in [0, 0.05) is 5.25 Å². The van der Waals surface area contributed by atoms with Crippen LogP contribution in [-0.2, 0) is 0 Å². The van der Waals surface area contributed by atoms with Gasteiger partial charge < -0.3 is 0 Å². The van der Waals surface area contributed by atoms with Crippen molar-refractivity contribution in [1.82, 2.24) is 0 Å². The van der Waals surface area contributed by atoms with Crippen LogP contribution in [0.15, 0.2) is 0 Å². The molecule has 0 saturated heterocycles. The van der Waals surface area contributed by atoms with Crippen LogP contribution in [0.4, 0.5) is 0 Å². The van der Waals surface area contributed by atoms with Gasteiger partial charge in [-0.3, -0.25) is 0 Å².